The maximum Gasteiger partial charge on any atom is 0.120 e. The second-order valence-corrected chi connectivity index (χ2v) is 7.35. The zero-order chi connectivity index (χ0) is 16.7. The molecule has 0 saturated carbocycles. The van der Waals surface area contributed by atoms with E-state index >= 15 is 0 Å². The number of ether oxygens (including phenoxy) is 1. The molecule has 1 N–H and O–H groups in total. The number of benzene rings is 2. The second kappa shape index (κ2) is 6.11. The van der Waals surface area contributed by atoms with Crippen LogP contribution >= 0.6 is 11.3 Å². The van der Waals surface area contributed by atoms with E-state index in [1.165, 1.54) is 10.4 Å². The van der Waals surface area contributed by atoms with Crippen molar-refractivity contribution in [3.8, 4) is 11.5 Å². The highest BCUT2D eigenvalue weighted by Crippen LogP contribution is 2.37. The van der Waals surface area contributed by atoms with Gasteiger partial charge < -0.3 is 9.84 Å². The molecule has 0 unspecified atom stereocenters. The molecule has 3 aromatic rings. The molecule has 2 aromatic carbocycles. The van der Waals surface area contributed by atoms with Crippen LogP contribution < -0.4 is 4.74 Å². The summed E-state index contributed by atoms with van der Waals surface area (Å²) in [6, 6.07) is 12.4. The summed E-state index contributed by atoms with van der Waals surface area (Å²) in [5.74, 6) is 1.18. The Kier molecular flexibility index (Phi) is 3.94. The third-order valence-electron chi connectivity index (χ3n) is 5.08. The largest absolute Gasteiger partial charge is 0.508 e. The number of phenols is 1. The van der Waals surface area contributed by atoms with Crippen LogP contribution in [0.3, 0.4) is 0 Å². The number of rotatable bonds is 3. The van der Waals surface area contributed by atoms with Gasteiger partial charge in [0, 0.05) is 29.6 Å². The number of thiophene rings is 1. The molecule has 0 aliphatic carbocycles. The van der Waals surface area contributed by atoms with Crippen molar-refractivity contribution >= 4 is 22.1 Å². The van der Waals surface area contributed by atoms with Crippen molar-refractivity contribution in [2.75, 3.05) is 13.7 Å². The summed E-state index contributed by atoms with van der Waals surface area (Å²) in [5.41, 5.74) is 2.42. The molecule has 0 saturated heterocycles. The molecule has 24 heavy (non-hydrogen) atoms. The second-order valence-electron chi connectivity index (χ2n) is 6.35. The minimum atomic E-state index is 0.360. The normalized spacial score (nSPS) is 17.8. The molecule has 3 nitrogen and oxygen atoms in total. The Hall–Kier alpha value is -2.04. The fraction of sp³-hybridized carbons (Fsp3) is 0.300. The summed E-state index contributed by atoms with van der Waals surface area (Å²) >= 11 is 1.86. The highest BCUT2D eigenvalue weighted by atomic mass is 32.1. The maximum absolute atomic E-state index is 10.5. The van der Waals surface area contributed by atoms with Crippen LogP contribution in [-0.4, -0.2) is 23.7 Å². The molecule has 1 atom stereocenters. The minimum Gasteiger partial charge on any atom is -0.508 e. The monoisotopic (exact) mass is 339 g/mol. The van der Waals surface area contributed by atoms with E-state index < -0.39 is 0 Å². The van der Waals surface area contributed by atoms with Gasteiger partial charge in [-0.05, 0) is 59.3 Å². The number of methoxy groups -OCH3 is 1. The van der Waals surface area contributed by atoms with Gasteiger partial charge in [0.2, 0.25) is 0 Å². The molecule has 0 fully saturated rings. The van der Waals surface area contributed by atoms with Crippen LogP contribution in [0.1, 0.15) is 29.0 Å². The lowest BCUT2D eigenvalue weighted by Crippen LogP contribution is -2.32. The van der Waals surface area contributed by atoms with Gasteiger partial charge in [-0.25, -0.2) is 0 Å². The Balaban J connectivity index is 1.73. The number of hydrogen-bond acceptors (Lipinski definition) is 4. The summed E-state index contributed by atoms with van der Waals surface area (Å²) in [7, 11) is 1.68. The summed E-state index contributed by atoms with van der Waals surface area (Å²) in [5, 5.41) is 14.9. The van der Waals surface area contributed by atoms with E-state index in [0.29, 0.717) is 11.8 Å². The van der Waals surface area contributed by atoms with Crippen molar-refractivity contribution in [1.29, 1.82) is 0 Å². The molecular weight excluding hydrogens is 318 g/mol. The summed E-state index contributed by atoms with van der Waals surface area (Å²) in [6.07, 6.45) is 1.09. The van der Waals surface area contributed by atoms with Crippen LogP contribution in [-0.2, 0) is 13.0 Å². The molecular formula is C20H21NO2S. The van der Waals surface area contributed by atoms with E-state index in [-0.39, 0.29) is 0 Å². The van der Waals surface area contributed by atoms with Crippen molar-refractivity contribution in [3.63, 3.8) is 0 Å². The topological polar surface area (TPSA) is 32.7 Å². The average molecular weight is 339 g/mol. The quantitative estimate of drug-likeness (QED) is 0.748. The van der Waals surface area contributed by atoms with Gasteiger partial charge in [0.1, 0.15) is 11.5 Å². The first-order chi connectivity index (χ1) is 11.7. The lowest BCUT2D eigenvalue weighted by molar-refractivity contribution is 0.190. The predicted octanol–water partition coefficient (Wildman–Crippen LogP) is 4.73. The third-order valence-corrected chi connectivity index (χ3v) is 6.08. The van der Waals surface area contributed by atoms with E-state index in [2.05, 4.69) is 23.3 Å². The van der Waals surface area contributed by atoms with Gasteiger partial charge in [0.15, 0.2) is 0 Å². The molecule has 2 heterocycles. The van der Waals surface area contributed by atoms with Gasteiger partial charge in [-0.3, -0.25) is 4.90 Å². The fourth-order valence-corrected chi connectivity index (χ4v) is 4.59. The van der Waals surface area contributed by atoms with E-state index in [0.717, 1.165) is 41.6 Å². The van der Waals surface area contributed by atoms with Crippen LogP contribution in [0.4, 0.5) is 0 Å². The van der Waals surface area contributed by atoms with E-state index in [4.69, 9.17) is 4.74 Å². The van der Waals surface area contributed by atoms with Gasteiger partial charge in [-0.1, -0.05) is 12.1 Å². The SMILES string of the molecule is COc1ccc2ccc(O)c(CN3CCc4sccc4[C@@H]3C)c2c1. The molecule has 0 spiro atoms. The molecule has 1 aliphatic heterocycles. The minimum absolute atomic E-state index is 0.360. The lowest BCUT2D eigenvalue weighted by Gasteiger charge is -2.34. The van der Waals surface area contributed by atoms with Crippen molar-refractivity contribution < 1.29 is 9.84 Å². The zero-order valence-electron chi connectivity index (χ0n) is 14.0. The van der Waals surface area contributed by atoms with Gasteiger partial charge in [-0.2, -0.15) is 0 Å². The first-order valence-electron chi connectivity index (χ1n) is 8.26. The van der Waals surface area contributed by atoms with Crippen molar-refractivity contribution in [3.05, 3.63) is 57.8 Å². The van der Waals surface area contributed by atoms with Crippen molar-refractivity contribution in [2.45, 2.75) is 25.9 Å². The van der Waals surface area contributed by atoms with Gasteiger partial charge in [0.25, 0.3) is 0 Å². The highest BCUT2D eigenvalue weighted by molar-refractivity contribution is 7.10. The average Bonchev–Trinajstić information content (AvgIpc) is 3.08. The van der Waals surface area contributed by atoms with Crippen LogP contribution in [0, 0.1) is 0 Å². The smallest absolute Gasteiger partial charge is 0.120 e. The maximum atomic E-state index is 10.5. The number of phenolic OH excluding ortho intramolecular Hbond substituents is 1. The van der Waals surface area contributed by atoms with Crippen LogP contribution in [0.5, 0.6) is 11.5 Å². The van der Waals surface area contributed by atoms with Gasteiger partial charge in [-0.15, -0.1) is 11.3 Å². The molecule has 4 heteroatoms. The Labute approximate surface area is 146 Å². The molecule has 1 aromatic heterocycles. The zero-order valence-corrected chi connectivity index (χ0v) is 14.8. The Morgan fingerprint density at radius 1 is 1.25 bits per heavy atom. The number of nitrogens with zero attached hydrogens (tertiary/aromatic N) is 1. The van der Waals surface area contributed by atoms with Gasteiger partial charge in [0.05, 0.1) is 7.11 Å². The number of aromatic hydroxyl groups is 1. The summed E-state index contributed by atoms with van der Waals surface area (Å²) in [4.78, 5) is 3.95. The van der Waals surface area contributed by atoms with Crippen molar-refractivity contribution in [2.24, 2.45) is 0 Å². The number of fused-ring (bicyclic) bond motifs is 2. The molecule has 4 rings (SSSR count). The molecule has 0 bridgehead atoms. The van der Waals surface area contributed by atoms with E-state index in [9.17, 15) is 5.11 Å². The van der Waals surface area contributed by atoms with Crippen LogP contribution in [0.2, 0.25) is 0 Å². The van der Waals surface area contributed by atoms with E-state index in [1.54, 1.807) is 13.2 Å². The molecule has 0 radical (unpaired) electrons. The first kappa shape index (κ1) is 15.5. The highest BCUT2D eigenvalue weighted by Gasteiger charge is 2.25. The van der Waals surface area contributed by atoms with Gasteiger partial charge >= 0.3 is 0 Å². The Bertz CT molecular complexity index is 886. The summed E-state index contributed by atoms with van der Waals surface area (Å²) in [6.45, 7) is 4.02. The first-order valence-corrected chi connectivity index (χ1v) is 9.14. The predicted molar refractivity (Wildman–Crippen MR) is 99.0 cm³/mol. The standard InChI is InChI=1S/C20H21NO2S/c1-13-16-8-10-24-20(16)7-9-21(13)12-18-17-11-15(23-2)5-3-14(17)4-6-19(18)22/h3-6,8,10-11,13,22H,7,9,12H2,1-2H3/t13-/m0/s1. The molecule has 1 aliphatic rings. The third kappa shape index (κ3) is 2.56. The number of hydrogen-bond donors (Lipinski definition) is 1. The van der Waals surface area contributed by atoms with Crippen LogP contribution in [0.25, 0.3) is 10.8 Å². The van der Waals surface area contributed by atoms with Crippen LogP contribution in [0.15, 0.2) is 41.8 Å². The molecule has 124 valence electrons. The summed E-state index contributed by atoms with van der Waals surface area (Å²) < 4.78 is 5.37. The molecule has 0 amide bonds. The van der Waals surface area contributed by atoms with Crippen molar-refractivity contribution in [1.82, 2.24) is 4.90 Å². The fourth-order valence-electron chi connectivity index (χ4n) is 3.62. The Morgan fingerprint density at radius 3 is 2.92 bits per heavy atom. The lowest BCUT2D eigenvalue weighted by atomic mass is 9.98. The Morgan fingerprint density at radius 2 is 2.08 bits per heavy atom. The van der Waals surface area contributed by atoms with E-state index in [1.807, 2.05) is 35.6 Å².